The van der Waals surface area contributed by atoms with E-state index in [1.54, 1.807) is 45.5 Å². The van der Waals surface area contributed by atoms with Gasteiger partial charge in [-0.3, -0.25) is 9.48 Å². The molecule has 188 valence electrons. The summed E-state index contributed by atoms with van der Waals surface area (Å²) in [5.74, 6) is 0.761. The third-order valence-corrected chi connectivity index (χ3v) is 9.50. The van der Waals surface area contributed by atoms with E-state index in [9.17, 15) is 18.5 Å². The van der Waals surface area contributed by atoms with Crippen LogP contribution in [-0.4, -0.2) is 52.8 Å². The lowest BCUT2D eigenvalue weighted by atomic mass is 10.1. The maximum Gasteiger partial charge on any atom is 0.261 e. The summed E-state index contributed by atoms with van der Waals surface area (Å²) in [6.45, 7) is 0.776. The first-order valence-electron chi connectivity index (χ1n) is 12.4. The first-order valence-corrected chi connectivity index (χ1v) is 13.9. The Morgan fingerprint density at radius 3 is 2.75 bits per heavy atom. The molecular weight excluding hydrogens is 480 g/mol. The highest BCUT2D eigenvalue weighted by atomic mass is 32.2. The first kappa shape index (κ1) is 23.2. The van der Waals surface area contributed by atoms with Crippen LogP contribution in [0.25, 0.3) is 10.9 Å². The van der Waals surface area contributed by atoms with E-state index in [-0.39, 0.29) is 28.6 Å². The number of nitrogens with zero attached hydrogens (tertiary/aromatic N) is 4. The number of aromatic nitrogens is 3. The lowest BCUT2D eigenvalue weighted by Gasteiger charge is -2.36. The Bertz CT molecular complexity index is 1490. The molecule has 1 saturated heterocycles. The molecule has 3 heterocycles. The summed E-state index contributed by atoms with van der Waals surface area (Å²) in [7, 11) is -3.64. The standard InChI is InChI=1S/C25H28N6O4S/c26-12-10-19(16-4-5-16)31-21-11-13-27-25(32)23(21)24(29-31)28-17-6-8-18(9-7-17)36(33,34)30-14-15-35-22-3-1-2-20(22)30/h6-9,11,13,16,19-20,22H,1-5,10,14-15H2,(H,27,32)(H,28,29)/t19?,20-,22-/m1/s1. The number of anilines is 2. The molecule has 3 aromatic rings. The topological polar surface area (TPSA) is 133 Å². The summed E-state index contributed by atoms with van der Waals surface area (Å²) in [4.78, 5) is 15.6. The first-order chi connectivity index (χ1) is 17.5. The van der Waals surface area contributed by atoms with E-state index in [1.807, 2.05) is 0 Å². The number of aromatic amines is 1. The fourth-order valence-corrected chi connectivity index (χ4v) is 7.30. The van der Waals surface area contributed by atoms with Gasteiger partial charge in [0, 0.05) is 18.4 Å². The molecule has 0 bridgehead atoms. The molecule has 1 unspecified atom stereocenters. The molecule has 0 radical (unpaired) electrons. The van der Waals surface area contributed by atoms with Crippen molar-refractivity contribution in [1.82, 2.24) is 19.1 Å². The van der Waals surface area contributed by atoms with Gasteiger partial charge < -0.3 is 15.0 Å². The zero-order valence-corrected chi connectivity index (χ0v) is 20.6. The van der Waals surface area contributed by atoms with Crippen LogP contribution in [0.5, 0.6) is 0 Å². The second-order valence-corrected chi connectivity index (χ2v) is 11.7. The maximum atomic E-state index is 13.4. The summed E-state index contributed by atoms with van der Waals surface area (Å²) in [5.41, 5.74) is 1.02. The van der Waals surface area contributed by atoms with Gasteiger partial charge >= 0.3 is 0 Å². The third kappa shape index (κ3) is 3.99. The summed E-state index contributed by atoms with van der Waals surface area (Å²) in [6, 6.07) is 10.4. The largest absolute Gasteiger partial charge is 0.375 e. The Morgan fingerprint density at radius 2 is 2.00 bits per heavy atom. The minimum Gasteiger partial charge on any atom is -0.375 e. The van der Waals surface area contributed by atoms with Crippen LogP contribution in [0.1, 0.15) is 44.6 Å². The fourth-order valence-electron chi connectivity index (χ4n) is 5.64. The Kier molecular flexibility index (Phi) is 5.82. The van der Waals surface area contributed by atoms with Crippen molar-refractivity contribution in [3.8, 4) is 6.07 Å². The summed E-state index contributed by atoms with van der Waals surface area (Å²) >= 11 is 0. The average molecular weight is 509 g/mol. The lowest BCUT2D eigenvalue weighted by molar-refractivity contribution is -0.0241. The highest BCUT2D eigenvalue weighted by molar-refractivity contribution is 7.89. The summed E-state index contributed by atoms with van der Waals surface area (Å²) in [5, 5.41) is 17.7. The van der Waals surface area contributed by atoms with E-state index in [2.05, 4.69) is 16.4 Å². The van der Waals surface area contributed by atoms with Gasteiger partial charge in [-0.1, -0.05) is 0 Å². The Labute approximate surface area is 208 Å². The highest BCUT2D eigenvalue weighted by Gasteiger charge is 2.42. The van der Waals surface area contributed by atoms with Crippen LogP contribution in [0.2, 0.25) is 0 Å². The number of ether oxygens (including phenoxy) is 1. The number of pyridine rings is 1. The van der Waals surface area contributed by atoms with E-state index in [0.717, 1.165) is 32.1 Å². The number of fused-ring (bicyclic) bond motifs is 2. The third-order valence-electron chi connectivity index (χ3n) is 7.57. The van der Waals surface area contributed by atoms with Crippen molar-refractivity contribution in [2.24, 2.45) is 5.92 Å². The smallest absolute Gasteiger partial charge is 0.261 e. The Morgan fingerprint density at radius 1 is 1.19 bits per heavy atom. The number of rotatable bonds is 7. The van der Waals surface area contributed by atoms with E-state index in [4.69, 9.17) is 9.84 Å². The molecule has 6 rings (SSSR count). The van der Waals surface area contributed by atoms with Gasteiger partial charge in [0.05, 0.1) is 47.7 Å². The lowest BCUT2D eigenvalue weighted by Crippen LogP contribution is -2.51. The summed E-state index contributed by atoms with van der Waals surface area (Å²) < 4.78 is 35.9. The molecule has 2 aliphatic carbocycles. The Balaban J connectivity index is 1.29. The zero-order chi connectivity index (χ0) is 24.9. The average Bonchev–Trinajstić information content (AvgIpc) is 3.49. The highest BCUT2D eigenvalue weighted by Crippen LogP contribution is 2.43. The predicted octanol–water partition coefficient (Wildman–Crippen LogP) is 3.27. The van der Waals surface area contributed by atoms with Crippen LogP contribution in [0.3, 0.4) is 0 Å². The molecule has 10 nitrogen and oxygen atoms in total. The molecule has 2 N–H and O–H groups in total. The number of hydrogen-bond acceptors (Lipinski definition) is 7. The van der Waals surface area contributed by atoms with Crippen LogP contribution in [-0.2, 0) is 14.8 Å². The molecule has 3 aliphatic rings. The van der Waals surface area contributed by atoms with Gasteiger partial charge in [0.15, 0.2) is 5.82 Å². The minimum atomic E-state index is -3.64. The van der Waals surface area contributed by atoms with Crippen LogP contribution in [0.15, 0.2) is 46.2 Å². The van der Waals surface area contributed by atoms with Gasteiger partial charge in [0.1, 0.15) is 5.39 Å². The van der Waals surface area contributed by atoms with Crippen molar-refractivity contribution < 1.29 is 13.2 Å². The number of H-pyrrole nitrogens is 1. The van der Waals surface area contributed by atoms with Crippen LogP contribution in [0, 0.1) is 17.2 Å². The SMILES string of the molecule is N#CCC(C1CC1)n1nc(Nc2ccc(S(=O)(=O)N3CCO[C@@H]4CCC[C@H]43)cc2)c2c(=O)[nH]ccc21. The number of nitrogens with one attached hydrogen (secondary N) is 2. The van der Waals surface area contributed by atoms with Crippen molar-refractivity contribution >= 4 is 32.4 Å². The molecule has 1 aromatic carbocycles. The molecule has 2 saturated carbocycles. The van der Waals surface area contributed by atoms with E-state index in [1.165, 1.54) is 0 Å². The van der Waals surface area contributed by atoms with Crippen LogP contribution >= 0.6 is 0 Å². The van der Waals surface area contributed by atoms with Gasteiger partial charge in [0.2, 0.25) is 10.0 Å². The number of hydrogen-bond donors (Lipinski definition) is 2. The van der Waals surface area contributed by atoms with Gasteiger partial charge in [0.25, 0.3) is 5.56 Å². The number of benzene rings is 1. The predicted molar refractivity (Wildman–Crippen MR) is 133 cm³/mol. The molecule has 2 aromatic heterocycles. The molecule has 11 heteroatoms. The van der Waals surface area contributed by atoms with E-state index >= 15 is 0 Å². The quantitative estimate of drug-likeness (QED) is 0.500. The number of nitriles is 1. The van der Waals surface area contributed by atoms with Gasteiger partial charge in [-0.05, 0) is 68.4 Å². The van der Waals surface area contributed by atoms with Crippen molar-refractivity contribution in [3.63, 3.8) is 0 Å². The van der Waals surface area contributed by atoms with Crippen molar-refractivity contribution in [1.29, 1.82) is 5.26 Å². The number of morpholine rings is 1. The van der Waals surface area contributed by atoms with Crippen molar-refractivity contribution in [2.45, 2.75) is 61.6 Å². The molecule has 0 amide bonds. The van der Waals surface area contributed by atoms with Gasteiger partial charge in [-0.25, -0.2) is 8.42 Å². The van der Waals surface area contributed by atoms with Gasteiger partial charge in [-0.15, -0.1) is 0 Å². The van der Waals surface area contributed by atoms with Crippen LogP contribution < -0.4 is 10.9 Å². The van der Waals surface area contributed by atoms with Crippen molar-refractivity contribution in [2.75, 3.05) is 18.5 Å². The van der Waals surface area contributed by atoms with Gasteiger partial charge in [-0.2, -0.15) is 14.7 Å². The number of sulfonamides is 1. The maximum absolute atomic E-state index is 13.4. The second-order valence-electron chi connectivity index (χ2n) is 9.80. The molecule has 36 heavy (non-hydrogen) atoms. The zero-order valence-electron chi connectivity index (χ0n) is 19.8. The normalized spacial score (nSPS) is 23.3. The minimum absolute atomic E-state index is 0.0172. The van der Waals surface area contributed by atoms with Crippen molar-refractivity contribution in [3.05, 3.63) is 46.9 Å². The van der Waals surface area contributed by atoms with E-state index < -0.39 is 10.0 Å². The molecule has 3 atom stereocenters. The monoisotopic (exact) mass is 508 g/mol. The molecule has 1 aliphatic heterocycles. The molecule has 3 fully saturated rings. The fraction of sp³-hybridized carbons (Fsp3) is 0.480. The van der Waals surface area contributed by atoms with Crippen LogP contribution in [0.4, 0.5) is 11.5 Å². The van der Waals surface area contributed by atoms with E-state index in [0.29, 0.717) is 47.9 Å². The molecule has 0 spiro atoms. The Hall–Kier alpha value is -3.20. The summed E-state index contributed by atoms with van der Waals surface area (Å²) in [6.07, 6.45) is 6.67. The second kappa shape index (κ2) is 9.03. The molecular formula is C25H28N6O4S.